The van der Waals surface area contributed by atoms with E-state index in [1.54, 1.807) is 40.7 Å². The normalized spacial score (nSPS) is 19.9. The lowest BCUT2D eigenvalue weighted by molar-refractivity contribution is -0.144. The van der Waals surface area contributed by atoms with Gasteiger partial charge < -0.3 is 26.6 Å². The monoisotopic (exact) mass is 704 g/mol. The molecule has 5 N–H and O–H groups in total. The molecular weight excluding hydrogens is 652 g/mol. The maximum atomic E-state index is 14.3. The smallest absolute Gasteiger partial charge is 0.316 e. The number of likely N-dealkylation sites (N-methyl/N-ethyl adjacent to an activating group) is 1. The van der Waals surface area contributed by atoms with Crippen molar-refractivity contribution in [3.63, 3.8) is 0 Å². The van der Waals surface area contributed by atoms with E-state index in [4.69, 9.17) is 5.73 Å². The zero-order valence-electron chi connectivity index (χ0n) is 29.7. The summed E-state index contributed by atoms with van der Waals surface area (Å²) in [6.07, 6.45) is 2.53. The number of carbonyl (C=O) groups excluding carboxylic acids is 6. The average Bonchev–Trinajstić information content (AvgIpc) is 3.73. The Hall–Kier alpha value is -4.01. The van der Waals surface area contributed by atoms with E-state index >= 15 is 0 Å². The fourth-order valence-electron chi connectivity index (χ4n) is 6.15. The highest BCUT2D eigenvalue weighted by Crippen LogP contribution is 2.35. The van der Waals surface area contributed by atoms with Crippen molar-refractivity contribution in [2.45, 2.75) is 103 Å². The van der Waals surface area contributed by atoms with Crippen LogP contribution in [0.3, 0.4) is 0 Å². The maximum Gasteiger partial charge on any atom is 0.316 e. The number of Topliss-reactive ketones (excluding diaryl/α,β-unsaturated/α-hetero) is 1. The van der Waals surface area contributed by atoms with Gasteiger partial charge in [-0.15, -0.1) is 0 Å². The Morgan fingerprint density at radius 3 is 2.02 bits per heavy atom. The molecule has 2 fully saturated rings. The number of primary amides is 1. The van der Waals surface area contributed by atoms with Crippen molar-refractivity contribution in [3.8, 4) is 0 Å². The van der Waals surface area contributed by atoms with E-state index < -0.39 is 81.0 Å². The van der Waals surface area contributed by atoms with Crippen molar-refractivity contribution >= 4 is 45.5 Å². The molecule has 0 aromatic heterocycles. The zero-order chi connectivity index (χ0) is 37.0. The van der Waals surface area contributed by atoms with Crippen molar-refractivity contribution in [1.82, 2.24) is 25.2 Å². The summed E-state index contributed by atoms with van der Waals surface area (Å²) in [5.41, 5.74) is 4.41. The quantitative estimate of drug-likeness (QED) is 0.210. The van der Waals surface area contributed by atoms with Gasteiger partial charge in [0.2, 0.25) is 17.6 Å². The number of carbonyl (C=O) groups is 6. The Morgan fingerprint density at radius 2 is 1.53 bits per heavy atom. The first-order valence-electron chi connectivity index (χ1n) is 16.8. The van der Waals surface area contributed by atoms with Crippen LogP contribution in [0.25, 0.3) is 0 Å². The molecule has 0 bridgehead atoms. The zero-order valence-corrected chi connectivity index (χ0v) is 30.5. The summed E-state index contributed by atoms with van der Waals surface area (Å²) in [4.78, 5) is 80.8. The number of nitrogens with two attached hydrogens (primary N) is 1. The fraction of sp³-hybridized carbons (Fsp3) is 0.647. The van der Waals surface area contributed by atoms with Gasteiger partial charge in [0.15, 0.2) is 0 Å². The van der Waals surface area contributed by atoms with Crippen LogP contribution in [0.1, 0.15) is 74.1 Å². The number of ketones is 1. The summed E-state index contributed by atoms with van der Waals surface area (Å²) in [6.45, 7) is 12.6. The third-order valence-corrected chi connectivity index (χ3v) is 11.1. The number of nitrogens with one attached hydrogen (secondary N) is 3. The molecule has 1 saturated heterocycles. The van der Waals surface area contributed by atoms with E-state index in [-0.39, 0.29) is 35.6 Å². The van der Waals surface area contributed by atoms with Gasteiger partial charge in [-0.3, -0.25) is 24.0 Å². The van der Waals surface area contributed by atoms with E-state index in [1.165, 1.54) is 29.2 Å². The van der Waals surface area contributed by atoms with Gasteiger partial charge in [0.1, 0.15) is 18.1 Å². The molecule has 6 amide bonds. The molecule has 14 nitrogen and oxygen atoms in total. The Morgan fingerprint density at radius 1 is 0.939 bits per heavy atom. The van der Waals surface area contributed by atoms with Crippen molar-refractivity contribution in [3.05, 3.63) is 30.3 Å². The van der Waals surface area contributed by atoms with Gasteiger partial charge in [0.25, 0.3) is 21.8 Å². The predicted molar refractivity (Wildman–Crippen MR) is 182 cm³/mol. The van der Waals surface area contributed by atoms with E-state index in [0.717, 1.165) is 19.9 Å². The van der Waals surface area contributed by atoms with Crippen LogP contribution < -0.4 is 21.7 Å². The standard InChI is InChI=1S/C34H52N6O8S/c1-19(2)23-16-17-40(26(23)30(43)36-24(18-21-14-15-21)27(41)29(35)42)32(45)28(34(5,6)7)38-33(46)37-25(20(3)4)31(44)39(8)49(47,48)22-12-10-9-11-13-22/h9-13,19-21,23-26,28H,14-18H2,1-8H3,(H2,35,42)(H,36,43)(H2,37,38,46)/t23-,24?,25+,26+,28-/m1/s1. The van der Waals surface area contributed by atoms with Crippen molar-refractivity contribution in [2.75, 3.05) is 13.6 Å². The summed E-state index contributed by atoms with van der Waals surface area (Å²) in [5.74, 6) is -4.63. The lowest BCUT2D eigenvalue weighted by Crippen LogP contribution is -2.62. The molecule has 272 valence electrons. The second kappa shape index (κ2) is 15.7. The summed E-state index contributed by atoms with van der Waals surface area (Å²) in [6, 6.07) is 2.06. The molecule has 0 radical (unpaired) electrons. The van der Waals surface area contributed by atoms with Crippen LogP contribution in [-0.4, -0.2) is 90.8 Å². The van der Waals surface area contributed by atoms with Gasteiger partial charge in [-0.1, -0.05) is 79.5 Å². The third-order valence-electron chi connectivity index (χ3n) is 9.31. The number of hydrogen-bond donors (Lipinski definition) is 4. The number of rotatable bonds is 14. The van der Waals surface area contributed by atoms with Crippen LogP contribution in [0.5, 0.6) is 0 Å². The Bertz CT molecular complexity index is 1520. The summed E-state index contributed by atoms with van der Waals surface area (Å²) in [5, 5.41) is 7.96. The van der Waals surface area contributed by atoms with Crippen LogP contribution in [0, 0.1) is 29.1 Å². The summed E-state index contributed by atoms with van der Waals surface area (Å²) in [7, 11) is -3.08. The number of nitrogens with zero attached hydrogens (tertiary/aromatic N) is 2. The van der Waals surface area contributed by atoms with Crippen molar-refractivity contribution in [2.24, 2.45) is 34.8 Å². The number of likely N-dealkylation sites (tertiary alicyclic amines) is 1. The molecule has 1 aromatic carbocycles. The highest BCUT2D eigenvalue weighted by molar-refractivity contribution is 7.89. The SMILES string of the molecule is CC(C)[C@H](NC(=O)N[C@H](C(=O)N1CC[C@H](C(C)C)[C@H]1C(=O)NC(CC1CC1)C(=O)C(N)=O)C(C)(C)C)C(=O)N(C)S(=O)(=O)c1ccccc1. The number of hydrogen-bond acceptors (Lipinski definition) is 8. The van der Waals surface area contributed by atoms with Gasteiger partial charge in [-0.05, 0) is 54.1 Å². The minimum absolute atomic E-state index is 0.0198. The van der Waals surface area contributed by atoms with E-state index in [1.807, 2.05) is 13.8 Å². The van der Waals surface area contributed by atoms with Crippen LogP contribution in [0.2, 0.25) is 0 Å². The van der Waals surface area contributed by atoms with Crippen LogP contribution in [0.4, 0.5) is 4.79 Å². The van der Waals surface area contributed by atoms with Crippen molar-refractivity contribution < 1.29 is 37.2 Å². The first-order valence-corrected chi connectivity index (χ1v) is 18.2. The molecule has 0 spiro atoms. The third kappa shape index (κ3) is 9.58. The van der Waals surface area contributed by atoms with Gasteiger partial charge in [-0.2, -0.15) is 0 Å². The van der Waals surface area contributed by atoms with Crippen LogP contribution in [0.15, 0.2) is 35.2 Å². The second-order valence-corrected chi connectivity index (χ2v) is 16.9. The Kier molecular flexibility index (Phi) is 12.6. The van der Waals surface area contributed by atoms with E-state index in [9.17, 15) is 37.2 Å². The van der Waals surface area contributed by atoms with Crippen molar-refractivity contribution in [1.29, 1.82) is 0 Å². The molecule has 3 rings (SSSR count). The second-order valence-electron chi connectivity index (χ2n) is 14.9. The van der Waals surface area contributed by atoms with E-state index in [0.29, 0.717) is 10.7 Å². The Balaban J connectivity index is 1.84. The molecule has 1 aromatic rings. The number of sulfonamides is 1. The minimum Gasteiger partial charge on any atom is -0.363 e. The maximum absolute atomic E-state index is 14.3. The van der Waals surface area contributed by atoms with Gasteiger partial charge in [0.05, 0.1) is 10.9 Å². The minimum atomic E-state index is -4.21. The fourth-order valence-corrected chi connectivity index (χ4v) is 7.32. The topological polar surface area (TPSA) is 205 Å². The molecule has 1 aliphatic carbocycles. The average molecular weight is 705 g/mol. The lowest BCUT2D eigenvalue weighted by Gasteiger charge is -2.37. The molecule has 15 heteroatoms. The molecular formula is C34H52N6O8S. The first kappa shape index (κ1) is 39.4. The predicted octanol–water partition coefficient (Wildman–Crippen LogP) is 1.78. The molecule has 5 atom stereocenters. The largest absolute Gasteiger partial charge is 0.363 e. The molecule has 1 unspecified atom stereocenters. The van der Waals surface area contributed by atoms with Crippen LogP contribution in [-0.2, 0) is 34.0 Å². The number of amides is 6. The number of urea groups is 1. The van der Waals surface area contributed by atoms with Crippen LogP contribution >= 0.6 is 0 Å². The molecule has 1 aliphatic heterocycles. The lowest BCUT2D eigenvalue weighted by atomic mass is 9.84. The van der Waals surface area contributed by atoms with Gasteiger partial charge >= 0.3 is 6.03 Å². The molecule has 49 heavy (non-hydrogen) atoms. The summed E-state index contributed by atoms with van der Waals surface area (Å²) >= 11 is 0. The van der Waals surface area contributed by atoms with E-state index in [2.05, 4.69) is 16.0 Å². The molecule has 1 saturated carbocycles. The molecule has 1 heterocycles. The highest BCUT2D eigenvalue weighted by Gasteiger charge is 2.48. The van der Waals surface area contributed by atoms with Gasteiger partial charge in [-0.25, -0.2) is 17.5 Å². The summed E-state index contributed by atoms with van der Waals surface area (Å²) < 4.78 is 26.9. The first-order chi connectivity index (χ1) is 22.7. The molecule has 2 aliphatic rings. The Labute approximate surface area is 289 Å². The number of benzene rings is 1. The highest BCUT2D eigenvalue weighted by atomic mass is 32.2. The van der Waals surface area contributed by atoms with Gasteiger partial charge in [0, 0.05) is 13.6 Å².